The van der Waals surface area contributed by atoms with Crippen LogP contribution in [-0.2, 0) is 4.79 Å². The molecule has 1 amide bonds. The zero-order valence-electron chi connectivity index (χ0n) is 12.4. The quantitative estimate of drug-likeness (QED) is 0.833. The van der Waals surface area contributed by atoms with Gasteiger partial charge in [0.2, 0.25) is 0 Å². The van der Waals surface area contributed by atoms with E-state index in [4.69, 9.17) is 10.5 Å². The van der Waals surface area contributed by atoms with Gasteiger partial charge in [-0.15, -0.1) is 0 Å². The number of hydrogen-bond acceptors (Lipinski definition) is 4. The van der Waals surface area contributed by atoms with E-state index in [2.05, 4.69) is 4.90 Å². The first-order valence-corrected chi connectivity index (χ1v) is 7.05. The largest absolute Gasteiger partial charge is 0.478 e. The van der Waals surface area contributed by atoms with Gasteiger partial charge in [0.1, 0.15) is 5.75 Å². The van der Waals surface area contributed by atoms with Gasteiger partial charge < -0.3 is 20.3 Å². The van der Waals surface area contributed by atoms with Crippen molar-refractivity contribution in [2.75, 3.05) is 37.8 Å². The normalized spacial score (nSPS) is 18.1. The van der Waals surface area contributed by atoms with E-state index in [1.807, 2.05) is 32.0 Å². The van der Waals surface area contributed by atoms with E-state index in [-0.39, 0.29) is 5.91 Å². The number of nitrogens with two attached hydrogens (primary N) is 1. The van der Waals surface area contributed by atoms with Crippen molar-refractivity contribution in [2.24, 2.45) is 0 Å². The average Bonchev–Trinajstić information content (AvgIpc) is 2.40. The summed E-state index contributed by atoms with van der Waals surface area (Å²) >= 11 is 0. The second-order valence-electron chi connectivity index (χ2n) is 5.39. The molecule has 1 atom stereocenters. The topological polar surface area (TPSA) is 58.8 Å². The Morgan fingerprint density at radius 2 is 2.15 bits per heavy atom. The van der Waals surface area contributed by atoms with Gasteiger partial charge >= 0.3 is 0 Å². The van der Waals surface area contributed by atoms with E-state index in [1.54, 1.807) is 12.1 Å². The van der Waals surface area contributed by atoms with Gasteiger partial charge in [0.15, 0.2) is 6.10 Å². The molecule has 0 bridgehead atoms. The lowest BCUT2D eigenvalue weighted by molar-refractivity contribution is -0.126. The summed E-state index contributed by atoms with van der Waals surface area (Å²) in [7, 11) is 4.06. The van der Waals surface area contributed by atoms with Crippen LogP contribution in [0.2, 0.25) is 0 Å². The van der Waals surface area contributed by atoms with Gasteiger partial charge in [-0.3, -0.25) is 4.79 Å². The highest BCUT2D eigenvalue weighted by Crippen LogP contribution is 2.36. The van der Waals surface area contributed by atoms with E-state index >= 15 is 0 Å². The number of carbonyl (C=O) groups is 1. The monoisotopic (exact) mass is 277 g/mol. The maximum absolute atomic E-state index is 12.4. The fraction of sp³-hybridized carbons (Fsp3) is 0.533. The van der Waals surface area contributed by atoms with Crippen LogP contribution >= 0.6 is 0 Å². The number of nitrogen functional groups attached to an aromatic ring is 1. The Kier molecular flexibility index (Phi) is 4.49. The molecule has 0 spiro atoms. The number of carbonyl (C=O) groups excluding carboxylic acids is 1. The summed E-state index contributed by atoms with van der Waals surface area (Å²) in [6.45, 7) is 3.61. The Morgan fingerprint density at radius 3 is 2.80 bits per heavy atom. The van der Waals surface area contributed by atoms with Gasteiger partial charge in [-0.2, -0.15) is 0 Å². The van der Waals surface area contributed by atoms with Crippen molar-refractivity contribution >= 4 is 17.3 Å². The molecule has 2 rings (SSSR count). The van der Waals surface area contributed by atoms with Crippen LogP contribution < -0.4 is 15.4 Å². The Bertz CT molecular complexity index is 488. The first kappa shape index (κ1) is 14.7. The van der Waals surface area contributed by atoms with Crippen LogP contribution in [0.3, 0.4) is 0 Å². The number of benzene rings is 1. The van der Waals surface area contributed by atoms with Crippen molar-refractivity contribution in [1.82, 2.24) is 4.90 Å². The van der Waals surface area contributed by atoms with Gasteiger partial charge in [-0.05, 0) is 45.6 Å². The molecule has 2 N–H and O–H groups in total. The number of nitrogens with zero attached hydrogens (tertiary/aromatic N) is 2. The van der Waals surface area contributed by atoms with Crippen molar-refractivity contribution < 1.29 is 9.53 Å². The molecule has 0 radical (unpaired) electrons. The van der Waals surface area contributed by atoms with Gasteiger partial charge in [-0.25, -0.2) is 0 Å². The Balaban J connectivity index is 2.22. The summed E-state index contributed by atoms with van der Waals surface area (Å²) in [6.07, 6.45) is 1.19. The molecule has 20 heavy (non-hydrogen) atoms. The van der Waals surface area contributed by atoms with Crippen LogP contribution in [0.4, 0.5) is 11.4 Å². The third-order valence-electron chi connectivity index (χ3n) is 3.44. The van der Waals surface area contributed by atoms with Crippen LogP contribution in [0.15, 0.2) is 18.2 Å². The summed E-state index contributed by atoms with van der Waals surface area (Å²) < 4.78 is 5.75. The van der Waals surface area contributed by atoms with Crippen LogP contribution in [0.1, 0.15) is 19.8 Å². The SMILES string of the molecule is CCC1Oc2cc(N)ccc2N(CCCN(C)C)C1=O. The minimum atomic E-state index is -0.399. The number of hydrogen-bond donors (Lipinski definition) is 1. The minimum absolute atomic E-state index is 0.0449. The summed E-state index contributed by atoms with van der Waals surface area (Å²) in [5, 5.41) is 0. The van der Waals surface area contributed by atoms with Crippen LogP contribution in [0.25, 0.3) is 0 Å². The zero-order chi connectivity index (χ0) is 14.7. The molecule has 1 heterocycles. The Hall–Kier alpha value is -1.75. The van der Waals surface area contributed by atoms with Crippen molar-refractivity contribution in [3.63, 3.8) is 0 Å². The average molecular weight is 277 g/mol. The molecule has 1 aromatic carbocycles. The summed E-state index contributed by atoms with van der Waals surface area (Å²) in [4.78, 5) is 16.4. The first-order chi connectivity index (χ1) is 9.52. The standard InChI is InChI=1S/C15H23N3O2/c1-4-13-15(19)18(9-5-8-17(2)3)12-7-6-11(16)10-14(12)20-13/h6-7,10,13H,4-5,8-9,16H2,1-3H3. The van der Waals surface area contributed by atoms with E-state index in [0.29, 0.717) is 24.4 Å². The molecule has 5 heteroatoms. The molecule has 1 aromatic rings. The highest BCUT2D eigenvalue weighted by Gasteiger charge is 2.32. The van der Waals surface area contributed by atoms with Crippen molar-refractivity contribution in [3.8, 4) is 5.75 Å². The van der Waals surface area contributed by atoms with Gasteiger partial charge in [0, 0.05) is 18.3 Å². The molecule has 1 aliphatic heterocycles. The lowest BCUT2D eigenvalue weighted by Crippen LogP contribution is -2.46. The molecule has 0 aliphatic carbocycles. The number of amides is 1. The Labute approximate surface area is 120 Å². The van der Waals surface area contributed by atoms with Crippen LogP contribution in [-0.4, -0.2) is 44.1 Å². The van der Waals surface area contributed by atoms with Crippen molar-refractivity contribution in [2.45, 2.75) is 25.9 Å². The van der Waals surface area contributed by atoms with Crippen molar-refractivity contribution in [1.29, 1.82) is 0 Å². The van der Waals surface area contributed by atoms with Crippen LogP contribution in [0, 0.1) is 0 Å². The molecule has 5 nitrogen and oxygen atoms in total. The maximum atomic E-state index is 12.4. The molecule has 1 aliphatic rings. The maximum Gasteiger partial charge on any atom is 0.268 e. The second kappa shape index (κ2) is 6.13. The van der Waals surface area contributed by atoms with E-state index in [9.17, 15) is 4.79 Å². The van der Waals surface area contributed by atoms with E-state index in [0.717, 1.165) is 18.7 Å². The van der Waals surface area contributed by atoms with Crippen molar-refractivity contribution in [3.05, 3.63) is 18.2 Å². The Morgan fingerprint density at radius 1 is 1.40 bits per heavy atom. The molecule has 0 fully saturated rings. The smallest absolute Gasteiger partial charge is 0.268 e. The lowest BCUT2D eigenvalue weighted by atomic mass is 10.1. The minimum Gasteiger partial charge on any atom is -0.478 e. The van der Waals surface area contributed by atoms with Gasteiger partial charge in [0.05, 0.1) is 5.69 Å². The molecule has 0 aromatic heterocycles. The third-order valence-corrected chi connectivity index (χ3v) is 3.44. The number of fused-ring (bicyclic) bond motifs is 1. The highest BCUT2D eigenvalue weighted by atomic mass is 16.5. The predicted octanol–water partition coefficient (Wildman–Crippen LogP) is 1.72. The summed E-state index contributed by atoms with van der Waals surface area (Å²) in [5.74, 6) is 0.754. The molecular formula is C15H23N3O2. The molecule has 0 saturated carbocycles. The summed E-state index contributed by atoms with van der Waals surface area (Å²) in [6, 6.07) is 5.47. The number of rotatable bonds is 5. The number of ether oxygens (including phenoxy) is 1. The third kappa shape index (κ3) is 3.04. The predicted molar refractivity (Wildman–Crippen MR) is 81.1 cm³/mol. The molecule has 110 valence electrons. The van der Waals surface area contributed by atoms with Gasteiger partial charge in [0.25, 0.3) is 5.91 Å². The van der Waals surface area contributed by atoms with E-state index < -0.39 is 6.10 Å². The second-order valence-corrected chi connectivity index (χ2v) is 5.39. The molecule has 0 saturated heterocycles. The highest BCUT2D eigenvalue weighted by molar-refractivity contribution is 6.00. The van der Waals surface area contributed by atoms with Crippen LogP contribution in [0.5, 0.6) is 5.75 Å². The van der Waals surface area contributed by atoms with Gasteiger partial charge in [-0.1, -0.05) is 6.92 Å². The van der Waals surface area contributed by atoms with E-state index in [1.165, 1.54) is 0 Å². The molecular weight excluding hydrogens is 254 g/mol. The fourth-order valence-electron chi connectivity index (χ4n) is 2.38. The number of anilines is 2. The summed E-state index contributed by atoms with van der Waals surface area (Å²) in [5.41, 5.74) is 7.28. The first-order valence-electron chi connectivity index (χ1n) is 7.05. The fourth-order valence-corrected chi connectivity index (χ4v) is 2.38. The lowest BCUT2D eigenvalue weighted by Gasteiger charge is -2.34. The zero-order valence-corrected chi connectivity index (χ0v) is 12.4. The molecule has 1 unspecified atom stereocenters.